The van der Waals surface area contributed by atoms with E-state index in [2.05, 4.69) is 16.9 Å². The molecule has 3 N–H and O–H groups in total. The molecule has 0 atom stereocenters. The maximum atomic E-state index is 5.52. The van der Waals surface area contributed by atoms with Gasteiger partial charge in [-0.15, -0.1) is 0 Å². The fraction of sp³-hybridized carbons (Fsp3) is 0.250. The number of aromatic nitrogens is 2. The lowest BCUT2D eigenvalue weighted by molar-refractivity contribution is 0.317. The zero-order valence-electron chi connectivity index (χ0n) is 9.23. The number of ether oxygens (including phenoxy) is 1. The standard InChI is InChI=1S/C12H15N3O/c1-2-7-16-10-5-3-9(4-6-10)11-8-14-12(13)15-11/h3-6,8H,2,7H2,1H3,(H3,13,14,15). The van der Waals surface area contributed by atoms with Crippen LogP contribution in [-0.2, 0) is 0 Å². The summed E-state index contributed by atoms with van der Waals surface area (Å²) >= 11 is 0. The van der Waals surface area contributed by atoms with E-state index in [0.717, 1.165) is 30.0 Å². The molecule has 4 heteroatoms. The highest BCUT2D eigenvalue weighted by Gasteiger charge is 2.01. The molecule has 0 saturated heterocycles. The summed E-state index contributed by atoms with van der Waals surface area (Å²) in [4.78, 5) is 6.94. The molecular formula is C12H15N3O. The highest BCUT2D eigenvalue weighted by Crippen LogP contribution is 2.21. The van der Waals surface area contributed by atoms with Gasteiger partial charge in [-0.25, -0.2) is 4.98 Å². The molecule has 1 aromatic carbocycles. The van der Waals surface area contributed by atoms with Gasteiger partial charge in [-0.05, 0) is 36.2 Å². The summed E-state index contributed by atoms with van der Waals surface area (Å²) < 4.78 is 5.50. The molecule has 0 aliphatic carbocycles. The van der Waals surface area contributed by atoms with Gasteiger partial charge in [0.15, 0.2) is 5.95 Å². The number of nitrogens with two attached hydrogens (primary N) is 1. The van der Waals surface area contributed by atoms with Crippen molar-refractivity contribution < 1.29 is 4.74 Å². The third-order valence-electron chi connectivity index (χ3n) is 2.23. The van der Waals surface area contributed by atoms with Crippen LogP contribution in [0, 0.1) is 0 Å². The van der Waals surface area contributed by atoms with E-state index in [4.69, 9.17) is 10.5 Å². The average Bonchev–Trinajstić information content (AvgIpc) is 2.74. The van der Waals surface area contributed by atoms with Gasteiger partial charge in [-0.1, -0.05) is 6.92 Å². The fourth-order valence-electron chi connectivity index (χ4n) is 1.43. The van der Waals surface area contributed by atoms with Crippen LogP contribution in [0.15, 0.2) is 30.5 Å². The zero-order chi connectivity index (χ0) is 11.4. The van der Waals surface area contributed by atoms with Crippen LogP contribution in [0.4, 0.5) is 5.95 Å². The summed E-state index contributed by atoms with van der Waals surface area (Å²) in [7, 11) is 0. The van der Waals surface area contributed by atoms with Crippen molar-refractivity contribution >= 4 is 5.95 Å². The molecular weight excluding hydrogens is 202 g/mol. The van der Waals surface area contributed by atoms with E-state index >= 15 is 0 Å². The van der Waals surface area contributed by atoms with Crippen molar-refractivity contribution in [3.8, 4) is 17.0 Å². The first-order valence-electron chi connectivity index (χ1n) is 5.33. The molecule has 2 rings (SSSR count). The Kier molecular flexibility index (Phi) is 3.10. The van der Waals surface area contributed by atoms with Gasteiger partial charge in [0.1, 0.15) is 5.75 Å². The van der Waals surface area contributed by atoms with Crippen molar-refractivity contribution in [1.29, 1.82) is 0 Å². The van der Waals surface area contributed by atoms with Crippen LogP contribution < -0.4 is 10.5 Å². The first-order chi connectivity index (χ1) is 7.79. The zero-order valence-corrected chi connectivity index (χ0v) is 9.23. The molecule has 0 bridgehead atoms. The molecule has 84 valence electrons. The first kappa shape index (κ1) is 10.5. The van der Waals surface area contributed by atoms with Gasteiger partial charge in [-0.2, -0.15) is 0 Å². The van der Waals surface area contributed by atoms with Crippen LogP contribution in [0.1, 0.15) is 13.3 Å². The van der Waals surface area contributed by atoms with Crippen LogP contribution in [0.25, 0.3) is 11.3 Å². The Balaban J connectivity index is 2.13. The number of nitrogens with one attached hydrogen (secondary N) is 1. The lowest BCUT2D eigenvalue weighted by Crippen LogP contribution is -1.94. The molecule has 16 heavy (non-hydrogen) atoms. The minimum atomic E-state index is 0.432. The lowest BCUT2D eigenvalue weighted by atomic mass is 10.2. The topological polar surface area (TPSA) is 63.9 Å². The molecule has 0 aliphatic heterocycles. The molecule has 2 aromatic rings. The molecule has 0 radical (unpaired) electrons. The van der Waals surface area contributed by atoms with E-state index in [1.165, 1.54) is 0 Å². The first-order valence-corrected chi connectivity index (χ1v) is 5.33. The highest BCUT2D eigenvalue weighted by molar-refractivity contribution is 5.60. The van der Waals surface area contributed by atoms with Crippen molar-refractivity contribution in [2.45, 2.75) is 13.3 Å². The quantitative estimate of drug-likeness (QED) is 0.826. The Labute approximate surface area is 94.5 Å². The second-order valence-corrected chi connectivity index (χ2v) is 3.55. The molecule has 0 amide bonds. The maximum absolute atomic E-state index is 5.52. The second kappa shape index (κ2) is 4.70. The Hall–Kier alpha value is -1.97. The highest BCUT2D eigenvalue weighted by atomic mass is 16.5. The van der Waals surface area contributed by atoms with Crippen LogP contribution in [0.2, 0.25) is 0 Å². The van der Waals surface area contributed by atoms with Crippen LogP contribution in [-0.4, -0.2) is 16.6 Å². The normalized spacial score (nSPS) is 10.3. The van der Waals surface area contributed by atoms with Gasteiger partial charge in [0.25, 0.3) is 0 Å². The number of hydrogen-bond acceptors (Lipinski definition) is 3. The van der Waals surface area contributed by atoms with Crippen LogP contribution >= 0.6 is 0 Å². The molecule has 0 unspecified atom stereocenters. The number of anilines is 1. The molecule has 1 aromatic heterocycles. The van der Waals surface area contributed by atoms with Gasteiger partial charge in [0.05, 0.1) is 18.5 Å². The predicted molar refractivity (Wildman–Crippen MR) is 64.2 cm³/mol. The number of nitrogens with zero attached hydrogens (tertiary/aromatic N) is 1. The molecule has 0 fully saturated rings. The maximum Gasteiger partial charge on any atom is 0.197 e. The van der Waals surface area contributed by atoms with Crippen LogP contribution in [0.5, 0.6) is 5.75 Å². The number of nitrogen functional groups attached to an aromatic ring is 1. The largest absolute Gasteiger partial charge is 0.494 e. The molecule has 1 heterocycles. The molecule has 0 aliphatic rings. The van der Waals surface area contributed by atoms with Crippen molar-refractivity contribution in [3.63, 3.8) is 0 Å². The fourth-order valence-corrected chi connectivity index (χ4v) is 1.43. The van der Waals surface area contributed by atoms with Crippen molar-refractivity contribution in [1.82, 2.24) is 9.97 Å². The number of H-pyrrole nitrogens is 1. The monoisotopic (exact) mass is 217 g/mol. The SMILES string of the molecule is CCCOc1ccc(-c2cnc(N)[nH]2)cc1. The Bertz CT molecular complexity index is 448. The minimum Gasteiger partial charge on any atom is -0.494 e. The number of rotatable bonds is 4. The van der Waals surface area contributed by atoms with E-state index in [0.29, 0.717) is 5.95 Å². The van der Waals surface area contributed by atoms with Crippen LogP contribution in [0.3, 0.4) is 0 Å². The Morgan fingerprint density at radius 2 is 2.06 bits per heavy atom. The third-order valence-corrected chi connectivity index (χ3v) is 2.23. The predicted octanol–water partition coefficient (Wildman–Crippen LogP) is 2.45. The number of imidazole rings is 1. The lowest BCUT2D eigenvalue weighted by Gasteiger charge is -2.04. The van der Waals surface area contributed by atoms with E-state index < -0.39 is 0 Å². The Morgan fingerprint density at radius 1 is 1.31 bits per heavy atom. The molecule has 0 saturated carbocycles. The second-order valence-electron chi connectivity index (χ2n) is 3.55. The summed E-state index contributed by atoms with van der Waals surface area (Å²) in [5.41, 5.74) is 7.49. The van der Waals surface area contributed by atoms with Gasteiger partial charge >= 0.3 is 0 Å². The van der Waals surface area contributed by atoms with Gasteiger partial charge in [-0.3, -0.25) is 0 Å². The minimum absolute atomic E-state index is 0.432. The van der Waals surface area contributed by atoms with Crippen molar-refractivity contribution in [2.24, 2.45) is 0 Å². The van der Waals surface area contributed by atoms with E-state index in [1.54, 1.807) is 6.20 Å². The average molecular weight is 217 g/mol. The number of aromatic amines is 1. The van der Waals surface area contributed by atoms with Crippen molar-refractivity contribution in [3.05, 3.63) is 30.5 Å². The summed E-state index contributed by atoms with van der Waals surface area (Å²) in [6.45, 7) is 2.83. The summed E-state index contributed by atoms with van der Waals surface area (Å²) in [6.07, 6.45) is 2.73. The van der Waals surface area contributed by atoms with E-state index in [-0.39, 0.29) is 0 Å². The van der Waals surface area contributed by atoms with Gasteiger partial charge in [0.2, 0.25) is 0 Å². The summed E-state index contributed by atoms with van der Waals surface area (Å²) in [6, 6.07) is 7.86. The third kappa shape index (κ3) is 2.34. The number of hydrogen-bond donors (Lipinski definition) is 2. The smallest absolute Gasteiger partial charge is 0.197 e. The van der Waals surface area contributed by atoms with Crippen molar-refractivity contribution in [2.75, 3.05) is 12.3 Å². The van der Waals surface area contributed by atoms with E-state index in [1.807, 2.05) is 24.3 Å². The number of benzene rings is 1. The Morgan fingerprint density at radius 3 is 2.62 bits per heavy atom. The summed E-state index contributed by atoms with van der Waals surface area (Å²) in [5.74, 6) is 1.32. The summed E-state index contributed by atoms with van der Waals surface area (Å²) in [5, 5.41) is 0. The van der Waals surface area contributed by atoms with Gasteiger partial charge < -0.3 is 15.5 Å². The molecule has 0 spiro atoms. The van der Waals surface area contributed by atoms with E-state index in [9.17, 15) is 0 Å². The van der Waals surface area contributed by atoms with Gasteiger partial charge in [0, 0.05) is 0 Å². The molecule has 4 nitrogen and oxygen atoms in total.